The number of benzene rings is 1. The van der Waals surface area contributed by atoms with Gasteiger partial charge in [0.15, 0.2) is 0 Å². The Morgan fingerprint density at radius 2 is 1.96 bits per heavy atom. The Hall–Kier alpha value is -2.86. The number of urea groups is 1. The van der Waals surface area contributed by atoms with Gasteiger partial charge >= 0.3 is 6.03 Å². The molecule has 0 aliphatic carbocycles. The van der Waals surface area contributed by atoms with Gasteiger partial charge in [0.05, 0.1) is 5.69 Å². The summed E-state index contributed by atoms with van der Waals surface area (Å²) >= 11 is 5.88. The third-order valence-electron chi connectivity index (χ3n) is 3.47. The highest BCUT2D eigenvalue weighted by molar-refractivity contribution is 6.30. The number of aryl methyl sites for hydroxylation is 2. The Bertz CT molecular complexity index is 998. The summed E-state index contributed by atoms with van der Waals surface area (Å²) in [6, 6.07) is 9.84. The van der Waals surface area contributed by atoms with E-state index in [0.717, 1.165) is 5.56 Å². The maximum Gasteiger partial charge on any atom is 0.323 e. The van der Waals surface area contributed by atoms with Gasteiger partial charge in [0, 0.05) is 16.9 Å². The van der Waals surface area contributed by atoms with Crippen LogP contribution in [0.4, 0.5) is 16.2 Å². The summed E-state index contributed by atoms with van der Waals surface area (Å²) in [6.45, 7) is 3.56. The number of aromatic nitrogens is 2. The molecule has 3 aromatic rings. The smallest absolute Gasteiger partial charge is 0.308 e. The third kappa shape index (κ3) is 3.23. The van der Waals surface area contributed by atoms with Crippen molar-refractivity contribution in [2.24, 2.45) is 0 Å². The summed E-state index contributed by atoms with van der Waals surface area (Å²) in [5.74, 6) is 0. The average Bonchev–Trinajstić information content (AvgIpc) is 2.52. The van der Waals surface area contributed by atoms with Crippen LogP contribution in [0.3, 0.4) is 0 Å². The van der Waals surface area contributed by atoms with Gasteiger partial charge in [-0.25, -0.2) is 9.78 Å². The van der Waals surface area contributed by atoms with Crippen LogP contribution in [0.1, 0.15) is 11.3 Å². The lowest BCUT2D eigenvalue weighted by molar-refractivity contribution is 0.262. The van der Waals surface area contributed by atoms with Gasteiger partial charge in [0.25, 0.3) is 5.56 Å². The van der Waals surface area contributed by atoms with E-state index in [1.54, 1.807) is 43.5 Å². The predicted molar refractivity (Wildman–Crippen MR) is 95.0 cm³/mol. The molecule has 0 aliphatic rings. The zero-order valence-electron chi connectivity index (χ0n) is 13.1. The van der Waals surface area contributed by atoms with Crippen LogP contribution in [0.25, 0.3) is 5.65 Å². The standard InChI is InChI=1S/C17H15ClN4O2/c1-10-6-7-14-19-11(2)15(16(23)22(14)9-10)21-17(24)20-13-5-3-4-12(18)8-13/h3-9H,1-2H3,(H2,20,21,24). The van der Waals surface area contributed by atoms with Crippen LogP contribution < -0.4 is 16.2 Å². The second-order valence-electron chi connectivity index (χ2n) is 5.40. The van der Waals surface area contributed by atoms with Crippen LogP contribution in [0.2, 0.25) is 5.02 Å². The summed E-state index contributed by atoms with van der Waals surface area (Å²) in [6.07, 6.45) is 1.68. The monoisotopic (exact) mass is 342 g/mol. The highest BCUT2D eigenvalue weighted by Crippen LogP contribution is 2.15. The number of carbonyl (C=O) groups is 1. The van der Waals surface area contributed by atoms with E-state index in [0.29, 0.717) is 22.1 Å². The maximum absolute atomic E-state index is 12.6. The maximum atomic E-state index is 12.6. The fourth-order valence-electron chi connectivity index (χ4n) is 2.34. The van der Waals surface area contributed by atoms with Gasteiger partial charge in [-0.2, -0.15) is 0 Å². The van der Waals surface area contributed by atoms with E-state index in [4.69, 9.17) is 11.6 Å². The lowest BCUT2D eigenvalue weighted by Crippen LogP contribution is -2.27. The summed E-state index contributed by atoms with van der Waals surface area (Å²) in [5, 5.41) is 5.71. The highest BCUT2D eigenvalue weighted by Gasteiger charge is 2.13. The van der Waals surface area contributed by atoms with Crippen molar-refractivity contribution in [3.63, 3.8) is 0 Å². The van der Waals surface area contributed by atoms with E-state index >= 15 is 0 Å². The summed E-state index contributed by atoms with van der Waals surface area (Å²) < 4.78 is 1.41. The molecular formula is C17H15ClN4O2. The molecule has 0 spiro atoms. The number of hydrogen-bond donors (Lipinski definition) is 2. The molecule has 0 saturated carbocycles. The summed E-state index contributed by atoms with van der Waals surface area (Å²) in [5.41, 5.74) is 2.24. The van der Waals surface area contributed by atoms with Gasteiger partial charge in [0.1, 0.15) is 11.3 Å². The van der Waals surface area contributed by atoms with Crippen molar-refractivity contribution in [2.45, 2.75) is 13.8 Å². The van der Waals surface area contributed by atoms with Crippen molar-refractivity contribution in [2.75, 3.05) is 10.6 Å². The number of pyridine rings is 1. The average molecular weight is 343 g/mol. The van der Waals surface area contributed by atoms with E-state index in [1.807, 2.05) is 13.0 Å². The molecule has 2 aromatic heterocycles. The number of nitrogens with one attached hydrogen (secondary N) is 2. The fraction of sp³-hybridized carbons (Fsp3) is 0.118. The molecule has 0 bridgehead atoms. The number of rotatable bonds is 2. The number of halogens is 1. The molecule has 0 fully saturated rings. The molecule has 2 N–H and O–H groups in total. The van der Waals surface area contributed by atoms with Crippen molar-refractivity contribution in [3.05, 3.63) is 69.2 Å². The first-order chi connectivity index (χ1) is 11.4. The molecule has 24 heavy (non-hydrogen) atoms. The number of hydrogen-bond acceptors (Lipinski definition) is 3. The van der Waals surface area contributed by atoms with E-state index < -0.39 is 6.03 Å². The molecule has 3 rings (SSSR count). The van der Waals surface area contributed by atoms with E-state index in [-0.39, 0.29) is 11.2 Å². The zero-order chi connectivity index (χ0) is 17.3. The van der Waals surface area contributed by atoms with Crippen molar-refractivity contribution in [1.29, 1.82) is 0 Å². The SMILES string of the molecule is Cc1ccc2nc(C)c(NC(=O)Nc3cccc(Cl)c3)c(=O)n2c1. The first kappa shape index (κ1) is 16.0. The minimum atomic E-state index is -0.535. The van der Waals surface area contributed by atoms with E-state index in [2.05, 4.69) is 15.6 Å². The van der Waals surface area contributed by atoms with Gasteiger partial charge in [-0.3, -0.25) is 9.20 Å². The van der Waals surface area contributed by atoms with Gasteiger partial charge < -0.3 is 10.6 Å². The van der Waals surface area contributed by atoms with Crippen LogP contribution in [0.5, 0.6) is 0 Å². The van der Waals surface area contributed by atoms with Gasteiger partial charge in [-0.1, -0.05) is 23.7 Å². The van der Waals surface area contributed by atoms with Crippen molar-refractivity contribution < 1.29 is 4.79 Å². The molecule has 0 atom stereocenters. The highest BCUT2D eigenvalue weighted by atomic mass is 35.5. The minimum Gasteiger partial charge on any atom is -0.308 e. The molecule has 0 radical (unpaired) electrons. The molecule has 1 aromatic carbocycles. The van der Waals surface area contributed by atoms with E-state index in [9.17, 15) is 9.59 Å². The predicted octanol–water partition coefficient (Wildman–Crippen LogP) is 3.61. The summed E-state index contributed by atoms with van der Waals surface area (Å²) in [4.78, 5) is 29.1. The van der Waals surface area contributed by atoms with Gasteiger partial charge in [-0.05, 0) is 43.7 Å². The number of fused-ring (bicyclic) bond motifs is 1. The normalized spacial score (nSPS) is 10.6. The zero-order valence-corrected chi connectivity index (χ0v) is 13.9. The largest absolute Gasteiger partial charge is 0.323 e. The Balaban J connectivity index is 1.92. The van der Waals surface area contributed by atoms with Crippen LogP contribution in [-0.2, 0) is 0 Å². The Morgan fingerprint density at radius 3 is 2.71 bits per heavy atom. The molecule has 0 aliphatic heterocycles. The van der Waals surface area contributed by atoms with Gasteiger partial charge in [-0.15, -0.1) is 0 Å². The molecule has 2 amide bonds. The quantitative estimate of drug-likeness (QED) is 0.747. The Kier molecular flexibility index (Phi) is 4.22. The number of nitrogens with zero attached hydrogens (tertiary/aromatic N) is 2. The molecular weight excluding hydrogens is 328 g/mol. The lowest BCUT2D eigenvalue weighted by Gasteiger charge is -2.11. The number of anilines is 2. The second-order valence-corrected chi connectivity index (χ2v) is 5.84. The van der Waals surface area contributed by atoms with Crippen LogP contribution in [0, 0.1) is 13.8 Å². The van der Waals surface area contributed by atoms with Crippen LogP contribution >= 0.6 is 11.6 Å². The molecule has 122 valence electrons. The van der Waals surface area contributed by atoms with Crippen LogP contribution in [-0.4, -0.2) is 15.4 Å². The second kappa shape index (κ2) is 6.33. The number of carbonyl (C=O) groups excluding carboxylic acids is 1. The first-order valence-electron chi connectivity index (χ1n) is 7.27. The Labute approximate surface area is 143 Å². The molecule has 7 heteroatoms. The van der Waals surface area contributed by atoms with E-state index in [1.165, 1.54) is 4.40 Å². The van der Waals surface area contributed by atoms with Crippen molar-refractivity contribution in [1.82, 2.24) is 9.38 Å². The molecule has 0 unspecified atom stereocenters. The van der Waals surface area contributed by atoms with Gasteiger partial charge in [0.2, 0.25) is 0 Å². The lowest BCUT2D eigenvalue weighted by atomic mass is 10.3. The minimum absolute atomic E-state index is 0.137. The molecule has 2 heterocycles. The topological polar surface area (TPSA) is 75.5 Å². The van der Waals surface area contributed by atoms with Crippen molar-refractivity contribution >= 4 is 34.7 Å². The first-order valence-corrected chi connectivity index (χ1v) is 7.65. The Morgan fingerprint density at radius 1 is 1.17 bits per heavy atom. The summed E-state index contributed by atoms with van der Waals surface area (Å²) in [7, 11) is 0. The van der Waals surface area contributed by atoms with Crippen molar-refractivity contribution in [3.8, 4) is 0 Å². The fourth-order valence-corrected chi connectivity index (χ4v) is 2.53. The number of amides is 2. The van der Waals surface area contributed by atoms with Crippen LogP contribution in [0.15, 0.2) is 47.4 Å². The third-order valence-corrected chi connectivity index (χ3v) is 3.71. The molecule has 0 saturated heterocycles. The molecule has 6 nitrogen and oxygen atoms in total.